The van der Waals surface area contributed by atoms with Crippen molar-refractivity contribution in [1.82, 2.24) is 4.98 Å². The Bertz CT molecular complexity index is 442. The summed E-state index contributed by atoms with van der Waals surface area (Å²) in [6.07, 6.45) is 2.35. The fourth-order valence-electron chi connectivity index (χ4n) is 1.49. The highest BCUT2D eigenvalue weighted by Crippen LogP contribution is 2.18. The van der Waals surface area contributed by atoms with Gasteiger partial charge in [0.2, 0.25) is 0 Å². The van der Waals surface area contributed by atoms with Crippen LogP contribution in [0.3, 0.4) is 0 Å². The molecule has 2 heteroatoms. The molecule has 0 aliphatic rings. The Kier molecular flexibility index (Phi) is 4.10. The summed E-state index contributed by atoms with van der Waals surface area (Å²) >= 11 is 0. The fourth-order valence-corrected chi connectivity index (χ4v) is 1.49. The average molecular weight is 203 g/mol. The van der Waals surface area contributed by atoms with Gasteiger partial charge < -0.3 is 4.98 Å². The van der Waals surface area contributed by atoms with Gasteiger partial charge in [-0.25, -0.2) is 0 Å². The maximum absolute atomic E-state index is 11.5. The highest BCUT2D eigenvalue weighted by molar-refractivity contribution is 6.07. The summed E-state index contributed by atoms with van der Waals surface area (Å²) in [6, 6.07) is 7.85. The second-order valence-electron chi connectivity index (χ2n) is 3.02. The normalized spacial score (nSPS) is 9.53. The molecule has 0 amide bonds. The van der Waals surface area contributed by atoms with Gasteiger partial charge >= 0.3 is 0 Å². The molecule has 2 aromatic rings. The van der Waals surface area contributed by atoms with E-state index in [1.54, 1.807) is 6.20 Å². The molecule has 2 nitrogen and oxygen atoms in total. The third-order valence-electron chi connectivity index (χ3n) is 2.21. The van der Waals surface area contributed by atoms with E-state index in [0.29, 0.717) is 6.42 Å². The Hall–Kier alpha value is -1.57. The van der Waals surface area contributed by atoms with Crippen LogP contribution in [0.25, 0.3) is 10.9 Å². The predicted octanol–water partition coefficient (Wildman–Crippen LogP) is 3.79. The minimum absolute atomic E-state index is 0.192. The molecule has 80 valence electrons. The number of hydrogen-bond donors (Lipinski definition) is 1. The molecule has 0 fully saturated rings. The standard InChI is InChI=1S/C11H11NO.C2H6/c1-2-11(13)9-7-12-10-6-4-3-5-8(9)10;1-2/h3-7,12H,2H2,1H3;1-2H3. The number of fused-ring (bicyclic) bond motifs is 1. The number of hydrogen-bond acceptors (Lipinski definition) is 1. The molecule has 0 saturated carbocycles. The monoisotopic (exact) mass is 203 g/mol. The molecule has 0 saturated heterocycles. The van der Waals surface area contributed by atoms with E-state index in [1.165, 1.54) is 0 Å². The third-order valence-corrected chi connectivity index (χ3v) is 2.21. The van der Waals surface area contributed by atoms with E-state index in [-0.39, 0.29) is 5.78 Å². The zero-order chi connectivity index (χ0) is 11.3. The highest BCUT2D eigenvalue weighted by atomic mass is 16.1. The number of carbonyl (C=O) groups excluding carboxylic acids is 1. The fraction of sp³-hybridized carbons (Fsp3) is 0.308. The Labute approximate surface area is 90.3 Å². The van der Waals surface area contributed by atoms with E-state index in [9.17, 15) is 4.79 Å². The maximum atomic E-state index is 11.5. The molecule has 1 aromatic carbocycles. The summed E-state index contributed by atoms with van der Waals surface area (Å²) in [4.78, 5) is 14.6. The molecule has 0 aliphatic heterocycles. The van der Waals surface area contributed by atoms with Gasteiger partial charge in [-0.1, -0.05) is 39.0 Å². The van der Waals surface area contributed by atoms with Gasteiger partial charge in [0.25, 0.3) is 0 Å². The first-order valence-corrected chi connectivity index (χ1v) is 5.42. The number of para-hydroxylation sites is 1. The maximum Gasteiger partial charge on any atom is 0.164 e. The van der Waals surface area contributed by atoms with Crippen LogP contribution in [0.2, 0.25) is 0 Å². The largest absolute Gasteiger partial charge is 0.360 e. The van der Waals surface area contributed by atoms with Gasteiger partial charge in [0.15, 0.2) is 5.78 Å². The van der Waals surface area contributed by atoms with E-state index in [1.807, 2.05) is 45.0 Å². The molecule has 1 heterocycles. The summed E-state index contributed by atoms with van der Waals surface area (Å²) in [5, 5.41) is 1.02. The van der Waals surface area contributed by atoms with Gasteiger partial charge in [-0.15, -0.1) is 0 Å². The lowest BCUT2D eigenvalue weighted by atomic mass is 10.1. The minimum atomic E-state index is 0.192. The van der Waals surface area contributed by atoms with Crippen molar-refractivity contribution >= 4 is 16.7 Å². The molecule has 1 aromatic heterocycles. The highest BCUT2D eigenvalue weighted by Gasteiger charge is 2.08. The first-order valence-electron chi connectivity index (χ1n) is 5.42. The number of Topliss-reactive ketones (excluding diaryl/α,β-unsaturated/α-hetero) is 1. The molecule has 0 atom stereocenters. The van der Waals surface area contributed by atoms with Crippen molar-refractivity contribution in [2.45, 2.75) is 27.2 Å². The van der Waals surface area contributed by atoms with Crippen molar-refractivity contribution in [2.75, 3.05) is 0 Å². The Morgan fingerprint density at radius 1 is 1.27 bits per heavy atom. The predicted molar refractivity (Wildman–Crippen MR) is 64.3 cm³/mol. The smallest absolute Gasteiger partial charge is 0.164 e. The number of rotatable bonds is 2. The lowest BCUT2D eigenvalue weighted by Crippen LogP contribution is -1.93. The number of aromatic amines is 1. The first kappa shape index (κ1) is 11.5. The summed E-state index contributed by atoms with van der Waals surface area (Å²) in [5.74, 6) is 0.192. The molecule has 0 radical (unpaired) electrons. The molecule has 0 aliphatic carbocycles. The lowest BCUT2D eigenvalue weighted by Gasteiger charge is -1.93. The van der Waals surface area contributed by atoms with Gasteiger partial charge in [-0.3, -0.25) is 4.79 Å². The number of nitrogens with one attached hydrogen (secondary N) is 1. The number of benzene rings is 1. The Morgan fingerprint density at radius 3 is 2.60 bits per heavy atom. The van der Waals surface area contributed by atoms with E-state index in [2.05, 4.69) is 4.98 Å². The molecule has 0 spiro atoms. The molecular formula is C13H17NO. The zero-order valence-corrected chi connectivity index (χ0v) is 9.50. The van der Waals surface area contributed by atoms with Crippen molar-refractivity contribution in [1.29, 1.82) is 0 Å². The number of H-pyrrole nitrogens is 1. The number of ketones is 1. The van der Waals surface area contributed by atoms with Crippen LogP contribution in [-0.4, -0.2) is 10.8 Å². The van der Waals surface area contributed by atoms with Crippen LogP contribution >= 0.6 is 0 Å². The SMILES string of the molecule is CC.CCC(=O)c1c[nH]c2ccccc12. The van der Waals surface area contributed by atoms with Crippen LogP contribution < -0.4 is 0 Å². The van der Waals surface area contributed by atoms with Gasteiger partial charge in [0.05, 0.1) is 0 Å². The quantitative estimate of drug-likeness (QED) is 0.740. The van der Waals surface area contributed by atoms with Crippen molar-refractivity contribution in [3.63, 3.8) is 0 Å². The zero-order valence-electron chi connectivity index (χ0n) is 9.50. The average Bonchev–Trinajstić information content (AvgIpc) is 2.74. The third kappa shape index (κ3) is 2.27. The molecule has 0 bridgehead atoms. The molecule has 0 unspecified atom stereocenters. The summed E-state index contributed by atoms with van der Waals surface area (Å²) in [6.45, 7) is 5.88. The van der Waals surface area contributed by atoms with E-state index in [0.717, 1.165) is 16.5 Å². The van der Waals surface area contributed by atoms with Crippen LogP contribution in [0.15, 0.2) is 30.5 Å². The molecule has 1 N–H and O–H groups in total. The van der Waals surface area contributed by atoms with Gasteiger partial charge in [-0.05, 0) is 6.07 Å². The molecule has 15 heavy (non-hydrogen) atoms. The van der Waals surface area contributed by atoms with E-state index in [4.69, 9.17) is 0 Å². The minimum Gasteiger partial charge on any atom is -0.360 e. The second kappa shape index (κ2) is 5.35. The molecular weight excluding hydrogens is 186 g/mol. The van der Waals surface area contributed by atoms with Crippen LogP contribution in [0.5, 0.6) is 0 Å². The Balaban J connectivity index is 0.000000531. The topological polar surface area (TPSA) is 32.9 Å². The van der Waals surface area contributed by atoms with Crippen molar-refractivity contribution in [3.05, 3.63) is 36.0 Å². The van der Waals surface area contributed by atoms with E-state index < -0.39 is 0 Å². The lowest BCUT2D eigenvalue weighted by molar-refractivity contribution is 0.0990. The molecule has 2 rings (SSSR count). The van der Waals surface area contributed by atoms with Gasteiger partial charge in [-0.2, -0.15) is 0 Å². The summed E-state index contributed by atoms with van der Waals surface area (Å²) in [5.41, 5.74) is 1.83. The van der Waals surface area contributed by atoms with E-state index >= 15 is 0 Å². The van der Waals surface area contributed by atoms with Gasteiger partial charge in [0, 0.05) is 29.1 Å². The van der Waals surface area contributed by atoms with Crippen molar-refractivity contribution < 1.29 is 4.79 Å². The summed E-state index contributed by atoms with van der Waals surface area (Å²) < 4.78 is 0. The first-order chi connectivity index (χ1) is 7.33. The van der Waals surface area contributed by atoms with Crippen LogP contribution in [-0.2, 0) is 0 Å². The summed E-state index contributed by atoms with van der Waals surface area (Å²) in [7, 11) is 0. The van der Waals surface area contributed by atoms with Crippen LogP contribution in [0.4, 0.5) is 0 Å². The van der Waals surface area contributed by atoms with Crippen LogP contribution in [0, 0.1) is 0 Å². The van der Waals surface area contributed by atoms with Gasteiger partial charge in [0.1, 0.15) is 0 Å². The number of carbonyl (C=O) groups is 1. The van der Waals surface area contributed by atoms with Crippen molar-refractivity contribution in [2.24, 2.45) is 0 Å². The van der Waals surface area contributed by atoms with Crippen molar-refractivity contribution in [3.8, 4) is 0 Å². The number of aromatic nitrogens is 1. The van der Waals surface area contributed by atoms with Crippen LogP contribution in [0.1, 0.15) is 37.6 Å². The Morgan fingerprint density at radius 2 is 1.93 bits per heavy atom. The second-order valence-corrected chi connectivity index (χ2v) is 3.02.